The number of nitrogens with zero attached hydrogens (tertiary/aromatic N) is 16. The lowest BCUT2D eigenvalue weighted by Crippen LogP contribution is -2.46. The summed E-state index contributed by atoms with van der Waals surface area (Å²) >= 11 is 5.53. The lowest BCUT2D eigenvalue weighted by molar-refractivity contribution is -0.211. The number of carbonyl (C=O) groups is 1. The molecule has 0 spiro atoms. The number of carbonyl (C=O) groups excluding carboxylic acids is 1. The van der Waals surface area contributed by atoms with E-state index >= 15 is 0 Å². The highest BCUT2D eigenvalue weighted by Crippen LogP contribution is 2.50. The van der Waals surface area contributed by atoms with Crippen molar-refractivity contribution in [2.45, 2.75) is 96.5 Å². The lowest BCUT2D eigenvalue weighted by atomic mass is 9.95. The molecule has 5 aliphatic rings. The van der Waals surface area contributed by atoms with Gasteiger partial charge in [0.1, 0.15) is 109 Å². The number of H-pyrrole nitrogens is 5. The molecule has 20 atom stereocenters. The number of ether oxygens (including phenoxy) is 5. The van der Waals surface area contributed by atoms with E-state index in [1.807, 2.05) is 15.0 Å². The molecule has 5 fully saturated rings. The van der Waals surface area contributed by atoms with E-state index in [0.29, 0.717) is 4.57 Å². The van der Waals surface area contributed by atoms with Crippen molar-refractivity contribution in [1.29, 1.82) is 32.9 Å². The molecule has 109 heavy (non-hydrogen) atoms. The van der Waals surface area contributed by atoms with Crippen LogP contribution in [0.4, 0.5) is 13.2 Å². The molecule has 10 heterocycles. The van der Waals surface area contributed by atoms with Gasteiger partial charge in [0.05, 0.1) is 17.9 Å². The van der Waals surface area contributed by atoms with E-state index in [1.165, 1.54) is 12.3 Å². The van der Waals surface area contributed by atoms with Gasteiger partial charge in [0.25, 0.3) is 56.4 Å². The average molecular weight is 1570 g/mol. The molecule has 0 saturated carbocycles. The number of aliphatic hydroxyl groups excluding tert-OH is 10. The number of rotatable bonds is 17. The van der Waals surface area contributed by atoms with E-state index in [9.17, 15) is 117 Å². The molecule has 22 N–H and O–H groups in total. The minimum Gasteiger partial charge on any atom is -0.391 e. The Bertz CT molecular complexity index is 5090. The number of primary amides is 1. The van der Waals surface area contributed by atoms with Gasteiger partial charge in [-0.05, 0) is 0 Å². The van der Waals surface area contributed by atoms with Gasteiger partial charge >= 0.3 is 34.6 Å². The van der Waals surface area contributed by atoms with Crippen LogP contribution in [0.25, 0.3) is 0 Å². The van der Waals surface area contributed by atoms with E-state index in [2.05, 4.69) is 61.0 Å². The number of alkyl halides is 3. The zero-order valence-corrected chi connectivity index (χ0v) is 55.2. The molecule has 10 rings (SSSR count). The highest BCUT2D eigenvalue weighted by atomic mass is 35.5. The number of amides is 1. The molecule has 5 aliphatic heterocycles. The van der Waals surface area contributed by atoms with E-state index < -0.39 is 221 Å². The summed E-state index contributed by atoms with van der Waals surface area (Å²) in [5.41, 5.74) is 21.5. The molecular formula is C52H60ClF3N27O26+5. The Labute approximate surface area is 599 Å². The summed E-state index contributed by atoms with van der Waals surface area (Å²) in [6, 6.07) is 6.76. The van der Waals surface area contributed by atoms with Crippen LogP contribution in [0, 0.1) is 80.9 Å². The fourth-order valence-corrected chi connectivity index (χ4v) is 11.3. The number of halogens is 4. The number of hydrogen-bond acceptors (Lipinski definition) is 37. The maximum Gasteiger partial charge on any atom is 0.398 e. The first-order chi connectivity index (χ1) is 51.5. The van der Waals surface area contributed by atoms with Crippen LogP contribution < -0.4 is 86.5 Å². The Morgan fingerprint density at radius 2 is 0.780 bits per heavy atom. The van der Waals surface area contributed by atoms with Crippen molar-refractivity contribution in [3.8, 4) is 18.4 Å². The topological polar surface area (TPSA) is 841 Å². The lowest BCUT2D eigenvalue weighted by Gasteiger charge is -2.23. The second-order valence-corrected chi connectivity index (χ2v) is 22.9. The van der Waals surface area contributed by atoms with E-state index in [1.54, 1.807) is 11.1 Å². The smallest absolute Gasteiger partial charge is 0.391 e. The second kappa shape index (κ2) is 35.4. The average Bonchev–Trinajstić information content (AvgIpc) is 1.50. The minimum atomic E-state index is -5.03. The van der Waals surface area contributed by atoms with Crippen molar-refractivity contribution in [1.82, 2.24) is 72.3 Å². The third-order valence-corrected chi connectivity index (χ3v) is 16.6. The maximum absolute atomic E-state index is 13.2. The van der Waals surface area contributed by atoms with Crippen LogP contribution in [0.3, 0.4) is 0 Å². The number of hydrogen-bond donors (Lipinski definition) is 21. The number of aliphatic hydroxyl groups is 10. The molecular weight excluding hydrogens is 1510 g/mol. The summed E-state index contributed by atoms with van der Waals surface area (Å²) in [5.74, 6) is -6.03. The molecule has 0 radical (unpaired) electrons. The zero-order valence-electron chi connectivity index (χ0n) is 54.5. The Balaban J connectivity index is 0.000000213. The fraction of sp³-hybridized carbons (Fsp3) is 0.500. The van der Waals surface area contributed by atoms with E-state index in [4.69, 9.17) is 80.4 Å². The van der Waals surface area contributed by atoms with Gasteiger partial charge in [-0.2, -0.15) is 18.4 Å². The van der Waals surface area contributed by atoms with Gasteiger partial charge in [-0.15, -0.1) is 6.42 Å². The maximum atomic E-state index is 13.2. The van der Waals surface area contributed by atoms with Crippen LogP contribution in [0.15, 0.2) is 146 Å². The number of terminal acetylenes is 1. The highest BCUT2D eigenvalue weighted by molar-refractivity contribution is 6.25. The number of nitrogens with one attached hydrogen (secondary N) is 10. The molecule has 5 aromatic rings. The standard InChI is InChI=1S/C11H12ClN5O5.C11H11N5O5.C10H10F3N5O5.C10H12N6O6.C10H10N6O5/c12-3-1-6-8(20)11(5-18,15-16-13)22-9(6)17-4-2-7(19)14-10(17)21;1-2-6-8(19)11(5-17,14-15-12)21-9(6)16-4-3-7(18)13-10(16)20;11-10(12,13)5-6(21)9(3-19,16-17-14)23-7(5)18-2-1-4(20)15-8(18)22;11-7(20)5-6(19)10(3-17,14-15-12)22-8(5)16-2-1-4(18)13-9(16)21;11-3-5-7(19)10(4-17,14-15-12)21-8(5)16-2-1-6(18)13-9(16)20/h1-4,6,8-9,13,18,20H,5H2;1,3-4,6,8-9,12,17,19H,5H2;1-2,5-7,14,19,21H,3H2;1-2,5-6,8,12,17,19H,3H2,(H2-,11,13,18,20,21);1-2,5,7-8,12,17,19H,4H2/p+5/t2*6-,8-,9+,11+;5-,6-,7+,9+;5-,6+,8-,10-;5-,7-,8+,10+/m00010/s1. The van der Waals surface area contributed by atoms with E-state index in [-0.39, 0.29) is 0 Å². The highest BCUT2D eigenvalue weighted by Gasteiger charge is 2.68. The van der Waals surface area contributed by atoms with Crippen molar-refractivity contribution >= 4 is 17.5 Å². The molecule has 0 aromatic carbocycles. The Kier molecular flexibility index (Phi) is 27.8. The Hall–Kier alpha value is -12.3. The zero-order chi connectivity index (χ0) is 81.5. The fourth-order valence-electron chi connectivity index (χ4n) is 11.1. The van der Waals surface area contributed by atoms with Gasteiger partial charge in [-0.25, -0.2) is 24.0 Å². The van der Waals surface area contributed by atoms with Gasteiger partial charge < -0.3 is 80.5 Å². The summed E-state index contributed by atoms with van der Waals surface area (Å²) in [6.45, 7) is -4.52. The van der Waals surface area contributed by atoms with Gasteiger partial charge in [-0.1, -0.05) is 23.6 Å². The normalized spacial score (nSPS) is 31.1. The van der Waals surface area contributed by atoms with Crippen LogP contribution in [0.1, 0.15) is 31.1 Å². The molecule has 57 heteroatoms. The van der Waals surface area contributed by atoms with Crippen molar-refractivity contribution in [3.63, 3.8) is 0 Å². The first-order valence-corrected chi connectivity index (χ1v) is 30.3. The van der Waals surface area contributed by atoms with Crippen LogP contribution in [0.5, 0.6) is 0 Å². The largest absolute Gasteiger partial charge is 0.398 e. The Morgan fingerprint density at radius 3 is 1.08 bits per heavy atom. The predicted molar refractivity (Wildman–Crippen MR) is 335 cm³/mol. The van der Waals surface area contributed by atoms with Crippen molar-refractivity contribution < 1.29 is 92.7 Å². The minimum absolute atomic E-state index is 0.402. The van der Waals surface area contributed by atoms with Gasteiger partial charge in [0, 0.05) is 66.9 Å². The van der Waals surface area contributed by atoms with Crippen molar-refractivity contribution in [2.75, 3.05) is 33.0 Å². The number of aromatic amines is 5. The number of nitriles is 1. The van der Waals surface area contributed by atoms with Gasteiger partial charge in [0.15, 0.2) is 56.7 Å². The van der Waals surface area contributed by atoms with E-state index in [0.717, 1.165) is 78.9 Å². The summed E-state index contributed by atoms with van der Waals surface area (Å²) in [7, 11) is 0. The van der Waals surface area contributed by atoms with Crippen LogP contribution >= 0.6 is 11.6 Å². The predicted octanol–water partition coefficient (Wildman–Crippen LogP) is -9.64. The first-order valence-electron chi connectivity index (χ1n) is 29.8. The molecule has 0 bridgehead atoms. The monoisotopic (exact) mass is 1570 g/mol. The third kappa shape index (κ3) is 17.4. The van der Waals surface area contributed by atoms with Crippen LogP contribution in [-0.2, 0) is 28.5 Å². The molecule has 0 unspecified atom stereocenters. The van der Waals surface area contributed by atoms with Crippen LogP contribution in [0.2, 0.25) is 0 Å². The molecule has 0 aliphatic carbocycles. The Morgan fingerprint density at radius 1 is 0.505 bits per heavy atom. The molecule has 53 nitrogen and oxygen atoms in total. The molecule has 1 amide bonds. The summed E-state index contributed by atoms with van der Waals surface area (Å²) in [6.07, 6.45) is -8.94. The van der Waals surface area contributed by atoms with Gasteiger partial charge in [-0.3, -0.25) is 76.5 Å². The third-order valence-electron chi connectivity index (χ3n) is 16.4. The molecule has 582 valence electrons. The van der Waals surface area contributed by atoms with Gasteiger partial charge in [0.2, 0.25) is 30.5 Å². The quantitative estimate of drug-likeness (QED) is 0.0233. The second-order valence-electron chi connectivity index (χ2n) is 22.6. The number of nitrogens with two attached hydrogens (primary N) is 1. The summed E-state index contributed by atoms with van der Waals surface area (Å²) < 4.78 is 70.2. The number of aromatic nitrogens is 10. The summed E-state index contributed by atoms with van der Waals surface area (Å²) in [5, 5.41) is 123. The van der Waals surface area contributed by atoms with Crippen molar-refractivity contribution in [3.05, 3.63) is 177 Å². The van der Waals surface area contributed by atoms with Crippen LogP contribution in [-0.4, -0.2) is 203 Å². The summed E-state index contributed by atoms with van der Waals surface area (Å²) in [4.78, 5) is 149. The SMILES string of the molecule is C#C[C@@H]1[C@H](n2ccc(=O)[nH]c2=O)O[C@@](CO)(N=[N+]=N)[C@H]1O.N#C[C@@H]1[C@H](n2ccc(=O)[nH]c2=O)O[C@@](CO)(N=[N+]=N)[C@H]1O.N=[N+]=N[C@]1(CO)O[C@@H](n2ccc(=O)[nH]c2=O)[C@@H](C(F)(F)F)[C@@H]1O.N=[N+]=N[C@]1(CO)O[C@@H](n2ccc(=O)[nH]c2=O)[C@@H](C(N)=O)[C@@H]1O.N=[N+]=N[C@]1(CO)O[C@@H](n2ccc(=O)[nH]c2=O)[C@@H](C=CCl)[C@@H]1O. The molecule has 5 saturated heterocycles. The first kappa shape index (κ1) is 85.6. The van der Waals surface area contributed by atoms with Crippen molar-refractivity contribution in [2.24, 2.45) is 60.9 Å². The molecule has 5 aromatic heterocycles.